The second-order valence-corrected chi connectivity index (χ2v) is 6.40. The summed E-state index contributed by atoms with van der Waals surface area (Å²) in [6, 6.07) is 11.2. The first-order valence-corrected chi connectivity index (χ1v) is 8.89. The predicted octanol–water partition coefficient (Wildman–Crippen LogP) is 2.67. The molecule has 2 rings (SSSR count). The number of esters is 1. The van der Waals surface area contributed by atoms with Gasteiger partial charge in [0.15, 0.2) is 5.92 Å². The molecule has 132 valence electrons. The number of carbonyl (C=O) groups excluding carboxylic acids is 2. The van der Waals surface area contributed by atoms with E-state index in [1.165, 1.54) is 11.2 Å². The van der Waals surface area contributed by atoms with Crippen molar-refractivity contribution in [3.8, 4) is 6.07 Å². The normalized spacial score (nSPS) is 19.6. The first-order chi connectivity index (χ1) is 12.1. The third kappa shape index (κ3) is 4.54. The van der Waals surface area contributed by atoms with Crippen molar-refractivity contribution in [1.29, 1.82) is 5.26 Å². The van der Waals surface area contributed by atoms with Crippen LogP contribution in [0.15, 0.2) is 41.5 Å². The maximum atomic E-state index is 12.4. The third-order valence-electron chi connectivity index (χ3n) is 3.63. The Morgan fingerprint density at radius 2 is 2.12 bits per heavy atom. The van der Waals surface area contributed by atoms with Crippen LogP contribution < -0.4 is 0 Å². The van der Waals surface area contributed by atoms with Crippen LogP contribution in [-0.4, -0.2) is 35.3 Å². The van der Waals surface area contributed by atoms with E-state index in [0.29, 0.717) is 18.1 Å². The standard InChI is InChI=1S/C18H20N2O4S/c1-3-20-16(21)15(12-23-4-2)25-17(20)14(10-19)18(22)24-11-13-8-6-5-7-9-13/h5-9,12,14,17H,3-4,11H2,1-2H3/b15-12-/t14-,17?/m0/s1. The Bertz CT molecular complexity index is 684. The number of amides is 1. The zero-order chi connectivity index (χ0) is 18.2. The highest BCUT2D eigenvalue weighted by Crippen LogP contribution is 2.39. The van der Waals surface area contributed by atoms with E-state index in [2.05, 4.69) is 0 Å². The molecule has 1 unspecified atom stereocenters. The fourth-order valence-electron chi connectivity index (χ4n) is 2.36. The van der Waals surface area contributed by atoms with Crippen molar-refractivity contribution in [1.82, 2.24) is 4.90 Å². The fraction of sp³-hybridized carbons (Fsp3) is 0.389. The summed E-state index contributed by atoms with van der Waals surface area (Å²) in [5, 5.41) is 8.85. The maximum Gasteiger partial charge on any atom is 0.326 e. The van der Waals surface area contributed by atoms with Crippen molar-refractivity contribution < 1.29 is 19.1 Å². The van der Waals surface area contributed by atoms with Gasteiger partial charge in [-0.1, -0.05) is 42.1 Å². The molecule has 7 heteroatoms. The van der Waals surface area contributed by atoms with Crippen LogP contribution >= 0.6 is 11.8 Å². The van der Waals surface area contributed by atoms with Crippen molar-refractivity contribution in [2.45, 2.75) is 25.8 Å². The Kier molecular flexibility index (Phi) is 6.90. The van der Waals surface area contributed by atoms with Crippen LogP contribution in [0.1, 0.15) is 19.4 Å². The first kappa shape index (κ1) is 18.9. The van der Waals surface area contributed by atoms with E-state index >= 15 is 0 Å². The van der Waals surface area contributed by atoms with Gasteiger partial charge in [0.2, 0.25) is 0 Å². The molecule has 1 aliphatic rings. The number of nitriles is 1. The number of hydrogen-bond acceptors (Lipinski definition) is 6. The fourth-order valence-corrected chi connectivity index (χ4v) is 3.64. The van der Waals surface area contributed by atoms with Crippen LogP contribution in [0.3, 0.4) is 0 Å². The highest BCUT2D eigenvalue weighted by molar-refractivity contribution is 8.05. The van der Waals surface area contributed by atoms with E-state index in [0.717, 1.165) is 17.3 Å². The van der Waals surface area contributed by atoms with Crippen molar-refractivity contribution >= 4 is 23.6 Å². The van der Waals surface area contributed by atoms with Crippen LogP contribution in [0, 0.1) is 17.2 Å². The highest BCUT2D eigenvalue weighted by atomic mass is 32.2. The van der Waals surface area contributed by atoms with E-state index in [1.807, 2.05) is 43.3 Å². The minimum absolute atomic E-state index is 0.0942. The molecule has 1 amide bonds. The summed E-state index contributed by atoms with van der Waals surface area (Å²) in [7, 11) is 0. The summed E-state index contributed by atoms with van der Waals surface area (Å²) in [6.45, 7) is 4.55. The van der Waals surface area contributed by atoms with Crippen LogP contribution in [-0.2, 0) is 25.7 Å². The van der Waals surface area contributed by atoms with E-state index in [-0.39, 0.29) is 12.5 Å². The van der Waals surface area contributed by atoms with E-state index < -0.39 is 17.3 Å². The van der Waals surface area contributed by atoms with Gasteiger partial charge in [-0.2, -0.15) is 5.26 Å². The summed E-state index contributed by atoms with van der Waals surface area (Å²) in [5.74, 6) is -1.93. The van der Waals surface area contributed by atoms with Crippen molar-refractivity contribution in [2.75, 3.05) is 13.2 Å². The SMILES string of the molecule is CCO/C=C1\SC([C@H](C#N)C(=O)OCc2ccccc2)N(CC)C1=O. The quantitative estimate of drug-likeness (QED) is 0.422. The third-order valence-corrected chi connectivity index (χ3v) is 4.92. The van der Waals surface area contributed by atoms with E-state index in [9.17, 15) is 14.9 Å². The molecule has 1 heterocycles. The van der Waals surface area contributed by atoms with Crippen molar-refractivity contribution in [2.24, 2.45) is 5.92 Å². The summed E-state index contributed by atoms with van der Waals surface area (Å²) in [6.07, 6.45) is 1.39. The average molecular weight is 360 g/mol. The molecule has 1 saturated heterocycles. The Labute approximate surface area is 151 Å². The van der Waals surface area contributed by atoms with Gasteiger partial charge in [0.1, 0.15) is 23.1 Å². The number of ether oxygens (including phenoxy) is 2. The summed E-state index contributed by atoms with van der Waals surface area (Å²) >= 11 is 1.16. The number of nitrogens with zero attached hydrogens (tertiary/aromatic N) is 2. The molecule has 0 bridgehead atoms. The highest BCUT2D eigenvalue weighted by Gasteiger charge is 2.44. The summed E-state index contributed by atoms with van der Waals surface area (Å²) in [5.41, 5.74) is 0.840. The number of carbonyl (C=O) groups is 2. The summed E-state index contributed by atoms with van der Waals surface area (Å²) < 4.78 is 10.5. The van der Waals surface area contributed by atoms with Gasteiger partial charge in [-0.3, -0.25) is 9.59 Å². The maximum absolute atomic E-state index is 12.4. The molecule has 0 spiro atoms. The first-order valence-electron chi connectivity index (χ1n) is 8.01. The van der Waals surface area contributed by atoms with Crippen molar-refractivity contribution in [3.63, 3.8) is 0 Å². The van der Waals surface area contributed by atoms with Crippen LogP contribution in [0.4, 0.5) is 0 Å². The number of likely N-dealkylation sites (N-methyl/N-ethyl adjacent to an activating group) is 1. The number of benzene rings is 1. The average Bonchev–Trinajstić information content (AvgIpc) is 2.95. The topological polar surface area (TPSA) is 79.6 Å². The lowest BCUT2D eigenvalue weighted by Crippen LogP contribution is -2.40. The predicted molar refractivity (Wildman–Crippen MR) is 93.8 cm³/mol. The Morgan fingerprint density at radius 1 is 1.40 bits per heavy atom. The molecule has 6 nitrogen and oxygen atoms in total. The molecule has 0 aliphatic carbocycles. The monoisotopic (exact) mass is 360 g/mol. The molecule has 1 aromatic rings. The van der Waals surface area contributed by atoms with Gasteiger partial charge in [0, 0.05) is 6.54 Å². The number of rotatable bonds is 7. The largest absolute Gasteiger partial charge is 0.500 e. The number of hydrogen-bond donors (Lipinski definition) is 0. The second-order valence-electron chi connectivity index (χ2n) is 5.24. The lowest BCUT2D eigenvalue weighted by Gasteiger charge is -2.24. The molecule has 0 saturated carbocycles. The van der Waals surface area contributed by atoms with Gasteiger partial charge in [-0.25, -0.2) is 0 Å². The smallest absolute Gasteiger partial charge is 0.326 e. The summed E-state index contributed by atoms with van der Waals surface area (Å²) in [4.78, 5) is 26.6. The molecule has 0 radical (unpaired) electrons. The molecule has 0 aromatic heterocycles. The van der Waals surface area contributed by atoms with Gasteiger partial charge >= 0.3 is 5.97 Å². The lowest BCUT2D eigenvalue weighted by molar-refractivity contribution is -0.149. The molecule has 25 heavy (non-hydrogen) atoms. The molecule has 1 aromatic carbocycles. The zero-order valence-corrected chi connectivity index (χ0v) is 15.0. The van der Waals surface area contributed by atoms with Gasteiger partial charge in [0.25, 0.3) is 5.91 Å². The van der Waals surface area contributed by atoms with Crippen LogP contribution in [0.25, 0.3) is 0 Å². The second kappa shape index (κ2) is 9.14. The van der Waals surface area contributed by atoms with Gasteiger partial charge in [-0.15, -0.1) is 0 Å². The van der Waals surface area contributed by atoms with Crippen LogP contribution in [0.5, 0.6) is 0 Å². The Balaban J connectivity index is 2.08. The van der Waals surface area contributed by atoms with Gasteiger partial charge < -0.3 is 14.4 Å². The lowest BCUT2D eigenvalue weighted by atomic mass is 10.1. The van der Waals surface area contributed by atoms with E-state index in [1.54, 1.807) is 6.92 Å². The minimum Gasteiger partial charge on any atom is -0.500 e. The van der Waals surface area contributed by atoms with Gasteiger partial charge in [-0.05, 0) is 19.4 Å². The minimum atomic E-state index is -1.06. The number of thioether (sulfide) groups is 1. The molecular weight excluding hydrogens is 340 g/mol. The molecule has 1 fully saturated rings. The Morgan fingerprint density at radius 3 is 2.72 bits per heavy atom. The molecule has 1 aliphatic heterocycles. The van der Waals surface area contributed by atoms with Gasteiger partial charge in [0.05, 0.1) is 12.7 Å². The molecule has 0 N–H and O–H groups in total. The zero-order valence-electron chi connectivity index (χ0n) is 14.2. The van der Waals surface area contributed by atoms with Crippen molar-refractivity contribution in [3.05, 3.63) is 47.1 Å². The molecular formula is C18H20N2O4S. The molecule has 2 atom stereocenters. The van der Waals surface area contributed by atoms with Crippen LogP contribution in [0.2, 0.25) is 0 Å². The van der Waals surface area contributed by atoms with E-state index in [4.69, 9.17) is 9.47 Å². The Hall–Kier alpha value is -2.46.